The van der Waals surface area contributed by atoms with Gasteiger partial charge in [0, 0.05) is 6.04 Å². The fourth-order valence-electron chi connectivity index (χ4n) is 0.984. The van der Waals surface area contributed by atoms with Crippen molar-refractivity contribution in [2.45, 2.75) is 12.5 Å². The van der Waals surface area contributed by atoms with Gasteiger partial charge >= 0.3 is 0 Å². The molecule has 1 atom stereocenters. The number of nitrogens with two attached hydrogens (primary N) is 1. The lowest BCUT2D eigenvalue weighted by atomic mass is 10.1. The number of benzene rings is 1. The fraction of sp³-hybridized carbons (Fsp3) is 0.333. The molecule has 0 aliphatic heterocycles. The normalized spacial score (nSPS) is 12.9. The molecule has 2 N–H and O–H groups in total. The second kappa shape index (κ2) is 4.09. The highest BCUT2D eigenvalue weighted by Gasteiger charge is 2.02. The zero-order valence-corrected chi connectivity index (χ0v) is 6.33. The third-order valence-corrected chi connectivity index (χ3v) is 1.65. The molecule has 1 rings (SSSR count). The van der Waals surface area contributed by atoms with E-state index in [9.17, 15) is 4.39 Å². The monoisotopic (exact) mass is 153 g/mol. The van der Waals surface area contributed by atoms with E-state index in [4.69, 9.17) is 5.73 Å². The maximum Gasteiger partial charge on any atom is 0.0912 e. The van der Waals surface area contributed by atoms with E-state index >= 15 is 0 Å². The summed E-state index contributed by atoms with van der Waals surface area (Å²) >= 11 is 0. The van der Waals surface area contributed by atoms with E-state index in [1.165, 1.54) is 0 Å². The van der Waals surface area contributed by atoms with Gasteiger partial charge in [-0.2, -0.15) is 0 Å². The molecule has 0 radical (unpaired) electrons. The number of alkyl halides is 1. The summed E-state index contributed by atoms with van der Waals surface area (Å²) in [6, 6.07) is 9.42. The quantitative estimate of drug-likeness (QED) is 0.706. The van der Waals surface area contributed by atoms with E-state index in [-0.39, 0.29) is 12.7 Å². The third-order valence-electron chi connectivity index (χ3n) is 1.65. The molecule has 0 heterocycles. The Morgan fingerprint density at radius 2 is 1.91 bits per heavy atom. The lowest BCUT2D eigenvalue weighted by Crippen LogP contribution is -2.10. The van der Waals surface area contributed by atoms with Gasteiger partial charge in [-0.1, -0.05) is 30.3 Å². The van der Waals surface area contributed by atoms with E-state index in [2.05, 4.69) is 0 Å². The number of hydrogen-bond acceptors (Lipinski definition) is 1. The first-order chi connectivity index (χ1) is 5.34. The molecule has 0 aromatic heterocycles. The standard InChI is InChI=1S/C9H12FN/c10-7-6-9(11)8-4-2-1-3-5-8/h1-5,9H,6-7,11H2. The molecule has 0 bridgehead atoms. The van der Waals surface area contributed by atoms with Gasteiger partial charge in [0.25, 0.3) is 0 Å². The summed E-state index contributed by atoms with van der Waals surface area (Å²) in [4.78, 5) is 0. The van der Waals surface area contributed by atoms with Crippen LogP contribution < -0.4 is 5.73 Å². The molecule has 1 unspecified atom stereocenters. The van der Waals surface area contributed by atoms with Crippen LogP contribution in [0.3, 0.4) is 0 Å². The first-order valence-electron chi connectivity index (χ1n) is 3.71. The van der Waals surface area contributed by atoms with Gasteiger partial charge in [-0.3, -0.25) is 4.39 Å². The van der Waals surface area contributed by atoms with Crippen LogP contribution in [-0.2, 0) is 0 Å². The van der Waals surface area contributed by atoms with Crippen molar-refractivity contribution in [2.75, 3.05) is 6.67 Å². The molecule has 2 heteroatoms. The third kappa shape index (κ3) is 2.31. The van der Waals surface area contributed by atoms with E-state index < -0.39 is 0 Å². The summed E-state index contributed by atoms with van der Waals surface area (Å²) < 4.78 is 11.8. The number of rotatable bonds is 3. The topological polar surface area (TPSA) is 26.0 Å². The van der Waals surface area contributed by atoms with Crippen molar-refractivity contribution >= 4 is 0 Å². The van der Waals surface area contributed by atoms with Crippen molar-refractivity contribution in [3.05, 3.63) is 35.9 Å². The molecule has 11 heavy (non-hydrogen) atoms. The summed E-state index contributed by atoms with van der Waals surface area (Å²) in [6.45, 7) is -0.351. The minimum absolute atomic E-state index is 0.152. The van der Waals surface area contributed by atoms with E-state index in [0.717, 1.165) is 5.56 Å². The lowest BCUT2D eigenvalue weighted by molar-refractivity contribution is 0.442. The zero-order valence-electron chi connectivity index (χ0n) is 6.33. The van der Waals surface area contributed by atoms with Crippen LogP contribution in [0.5, 0.6) is 0 Å². The molecule has 0 saturated heterocycles. The van der Waals surface area contributed by atoms with Gasteiger partial charge in [-0.05, 0) is 12.0 Å². The van der Waals surface area contributed by atoms with Gasteiger partial charge in [0.15, 0.2) is 0 Å². The Balaban J connectivity index is 2.61. The Bertz CT molecular complexity index is 198. The summed E-state index contributed by atoms with van der Waals surface area (Å²) in [5, 5.41) is 0. The van der Waals surface area contributed by atoms with Crippen molar-refractivity contribution in [1.82, 2.24) is 0 Å². The Hall–Kier alpha value is -0.890. The van der Waals surface area contributed by atoms with Gasteiger partial charge in [0.1, 0.15) is 0 Å². The highest BCUT2D eigenvalue weighted by Crippen LogP contribution is 2.12. The zero-order chi connectivity index (χ0) is 8.10. The van der Waals surface area contributed by atoms with Gasteiger partial charge in [-0.25, -0.2) is 0 Å². The molecule has 0 aliphatic carbocycles. The average Bonchev–Trinajstić information content (AvgIpc) is 2.07. The van der Waals surface area contributed by atoms with E-state index in [1.807, 2.05) is 30.3 Å². The molecule has 0 amide bonds. The highest BCUT2D eigenvalue weighted by atomic mass is 19.1. The first-order valence-corrected chi connectivity index (χ1v) is 3.71. The SMILES string of the molecule is NC(CCF)c1ccccc1. The van der Waals surface area contributed by atoms with Crippen LogP contribution >= 0.6 is 0 Å². The first kappa shape index (κ1) is 8.21. The van der Waals surface area contributed by atoms with Crippen molar-refractivity contribution in [3.63, 3.8) is 0 Å². The minimum Gasteiger partial charge on any atom is -0.324 e. The smallest absolute Gasteiger partial charge is 0.0912 e. The molecule has 0 aliphatic rings. The molecule has 1 nitrogen and oxygen atoms in total. The second-order valence-corrected chi connectivity index (χ2v) is 2.49. The van der Waals surface area contributed by atoms with Crippen molar-refractivity contribution in [2.24, 2.45) is 5.73 Å². The van der Waals surface area contributed by atoms with E-state index in [1.54, 1.807) is 0 Å². The van der Waals surface area contributed by atoms with Gasteiger partial charge in [0.2, 0.25) is 0 Å². The maximum atomic E-state index is 11.8. The second-order valence-electron chi connectivity index (χ2n) is 2.49. The Labute approximate surface area is 66.0 Å². The Morgan fingerprint density at radius 3 is 2.45 bits per heavy atom. The van der Waals surface area contributed by atoms with Gasteiger partial charge in [0.05, 0.1) is 6.67 Å². The van der Waals surface area contributed by atoms with E-state index in [0.29, 0.717) is 6.42 Å². The largest absolute Gasteiger partial charge is 0.324 e. The summed E-state index contributed by atoms with van der Waals surface area (Å²) in [7, 11) is 0. The van der Waals surface area contributed by atoms with Crippen LogP contribution in [0.15, 0.2) is 30.3 Å². The molecule has 0 spiro atoms. The van der Waals surface area contributed by atoms with Crippen LogP contribution in [0.25, 0.3) is 0 Å². The van der Waals surface area contributed by atoms with Crippen LogP contribution in [0.4, 0.5) is 4.39 Å². The molecule has 0 fully saturated rings. The van der Waals surface area contributed by atoms with Crippen molar-refractivity contribution in [3.8, 4) is 0 Å². The lowest BCUT2D eigenvalue weighted by Gasteiger charge is -2.08. The highest BCUT2D eigenvalue weighted by molar-refractivity contribution is 5.18. The minimum atomic E-state index is -0.351. The van der Waals surface area contributed by atoms with Crippen LogP contribution in [0, 0.1) is 0 Å². The molecule has 1 aromatic rings. The van der Waals surface area contributed by atoms with Crippen LogP contribution in [0.1, 0.15) is 18.0 Å². The Morgan fingerprint density at radius 1 is 1.27 bits per heavy atom. The number of hydrogen-bond donors (Lipinski definition) is 1. The van der Waals surface area contributed by atoms with Crippen LogP contribution in [0.2, 0.25) is 0 Å². The molecular weight excluding hydrogens is 141 g/mol. The summed E-state index contributed by atoms with van der Waals surface area (Å²) in [5.41, 5.74) is 6.67. The van der Waals surface area contributed by atoms with Crippen molar-refractivity contribution in [1.29, 1.82) is 0 Å². The summed E-state index contributed by atoms with van der Waals surface area (Å²) in [5.74, 6) is 0. The predicted octanol–water partition coefficient (Wildman–Crippen LogP) is 2.05. The Kier molecular flexibility index (Phi) is 3.05. The average molecular weight is 153 g/mol. The molecule has 60 valence electrons. The molecular formula is C9H12FN. The predicted molar refractivity (Wildman–Crippen MR) is 44.0 cm³/mol. The van der Waals surface area contributed by atoms with Gasteiger partial charge < -0.3 is 5.73 Å². The summed E-state index contributed by atoms with van der Waals surface area (Å²) in [6.07, 6.45) is 0.407. The van der Waals surface area contributed by atoms with Crippen LogP contribution in [-0.4, -0.2) is 6.67 Å². The van der Waals surface area contributed by atoms with Crippen molar-refractivity contribution < 1.29 is 4.39 Å². The molecule has 0 saturated carbocycles. The maximum absolute atomic E-state index is 11.8. The number of halogens is 1. The van der Waals surface area contributed by atoms with Gasteiger partial charge in [-0.15, -0.1) is 0 Å². The molecule has 1 aromatic carbocycles. The fourth-order valence-corrected chi connectivity index (χ4v) is 0.984.